The van der Waals surface area contributed by atoms with E-state index < -0.39 is 5.60 Å². The van der Waals surface area contributed by atoms with E-state index in [1.54, 1.807) is 4.90 Å². The minimum atomic E-state index is -0.457. The van der Waals surface area contributed by atoms with Crippen LogP contribution in [-0.4, -0.2) is 76.0 Å². The number of carbonyl (C=O) groups is 1. The Hall–Kier alpha value is -1.52. The zero-order chi connectivity index (χ0) is 18.7. The molecule has 1 aromatic rings. The van der Waals surface area contributed by atoms with E-state index in [-0.39, 0.29) is 36.1 Å². The first-order valence-corrected chi connectivity index (χ1v) is 9.32. The van der Waals surface area contributed by atoms with Crippen LogP contribution >= 0.6 is 24.0 Å². The lowest BCUT2D eigenvalue weighted by molar-refractivity contribution is 0.0137. The fourth-order valence-electron chi connectivity index (χ4n) is 3.32. The molecule has 0 aliphatic carbocycles. The molecule has 0 saturated carbocycles. The fraction of sp³-hybridized carbons (Fsp3) is 0.722. The van der Waals surface area contributed by atoms with Crippen molar-refractivity contribution in [3.8, 4) is 0 Å². The van der Waals surface area contributed by atoms with Crippen LogP contribution in [0.1, 0.15) is 32.8 Å². The molecule has 1 N–H and O–H groups in total. The average molecular weight is 490 g/mol. The molecule has 1 unspecified atom stereocenters. The van der Waals surface area contributed by atoms with Gasteiger partial charge in [-0.15, -0.1) is 24.0 Å². The molecule has 0 bridgehead atoms. The van der Waals surface area contributed by atoms with Crippen LogP contribution in [0.4, 0.5) is 4.79 Å². The first kappa shape index (κ1) is 21.8. The van der Waals surface area contributed by atoms with Crippen molar-refractivity contribution >= 4 is 36.0 Å². The molecule has 27 heavy (non-hydrogen) atoms. The van der Waals surface area contributed by atoms with E-state index in [2.05, 4.69) is 26.5 Å². The van der Waals surface area contributed by atoms with Gasteiger partial charge in [0.2, 0.25) is 0 Å². The smallest absolute Gasteiger partial charge is 0.410 e. The number of nitrogens with one attached hydrogen (secondary N) is 1. The highest BCUT2D eigenvalue weighted by atomic mass is 127. The molecule has 2 aliphatic heterocycles. The summed E-state index contributed by atoms with van der Waals surface area (Å²) in [7, 11) is 1.94. The van der Waals surface area contributed by atoms with Gasteiger partial charge in [-0.05, 0) is 39.2 Å². The van der Waals surface area contributed by atoms with E-state index in [0.29, 0.717) is 13.1 Å². The summed E-state index contributed by atoms with van der Waals surface area (Å²) in [5.41, 5.74) is 0.799. The quantitative estimate of drug-likeness (QED) is 0.515. The number of piperazine rings is 1. The first-order chi connectivity index (χ1) is 12.3. The molecule has 0 aromatic carbocycles. The van der Waals surface area contributed by atoms with Gasteiger partial charge in [0.1, 0.15) is 5.60 Å². The van der Waals surface area contributed by atoms with Crippen molar-refractivity contribution in [3.05, 3.63) is 18.0 Å². The van der Waals surface area contributed by atoms with Gasteiger partial charge in [0.25, 0.3) is 0 Å². The topological polar surface area (TPSA) is 75.0 Å². The molecule has 2 aliphatic rings. The standard InChI is InChI=1S/C18H30N6O2.HI/c1-18(2,3)26-17(25)23-8-9-24-15(13-23)11-20-16(24)19-7-5-6-14-10-21-22(4)12-14;/h10,12,15H,5-9,11,13H2,1-4H3,(H,19,20);1H. The van der Waals surface area contributed by atoms with Crippen LogP contribution in [0.25, 0.3) is 0 Å². The number of amides is 1. The molecule has 1 saturated heterocycles. The first-order valence-electron chi connectivity index (χ1n) is 9.32. The van der Waals surface area contributed by atoms with E-state index >= 15 is 0 Å². The van der Waals surface area contributed by atoms with Gasteiger partial charge in [-0.1, -0.05) is 0 Å². The van der Waals surface area contributed by atoms with Crippen molar-refractivity contribution in [2.45, 2.75) is 45.3 Å². The number of hydrogen-bond acceptors (Lipinski definition) is 6. The Morgan fingerprint density at radius 3 is 2.81 bits per heavy atom. The number of fused-ring (bicyclic) bond motifs is 1. The number of carbonyl (C=O) groups excluding carboxylic acids is 1. The van der Waals surface area contributed by atoms with Gasteiger partial charge in [0.05, 0.1) is 18.8 Å². The predicted octanol–water partition coefficient (Wildman–Crippen LogP) is 1.85. The van der Waals surface area contributed by atoms with E-state index in [1.807, 2.05) is 38.7 Å². The number of ether oxygens (including phenoxy) is 1. The highest BCUT2D eigenvalue weighted by molar-refractivity contribution is 14.0. The number of halogens is 1. The number of hydrogen-bond donors (Lipinski definition) is 1. The maximum atomic E-state index is 12.3. The predicted molar refractivity (Wildman–Crippen MR) is 116 cm³/mol. The van der Waals surface area contributed by atoms with Crippen LogP contribution in [0.15, 0.2) is 17.4 Å². The largest absolute Gasteiger partial charge is 0.444 e. The van der Waals surface area contributed by atoms with E-state index in [9.17, 15) is 4.79 Å². The van der Waals surface area contributed by atoms with Crippen molar-refractivity contribution in [1.82, 2.24) is 24.9 Å². The lowest BCUT2D eigenvalue weighted by atomic mass is 10.2. The van der Waals surface area contributed by atoms with Gasteiger partial charge in [0.15, 0.2) is 5.96 Å². The zero-order valence-corrected chi connectivity index (χ0v) is 19.0. The summed E-state index contributed by atoms with van der Waals surface area (Å²) in [5.74, 6) is 0.963. The third kappa shape index (κ3) is 5.98. The second kappa shape index (κ2) is 9.11. The molecular weight excluding hydrogens is 459 g/mol. The number of guanidine groups is 1. The lowest BCUT2D eigenvalue weighted by Gasteiger charge is -2.39. The van der Waals surface area contributed by atoms with Crippen molar-refractivity contribution in [2.75, 3.05) is 32.7 Å². The maximum absolute atomic E-state index is 12.3. The summed E-state index contributed by atoms with van der Waals surface area (Å²) in [6.07, 6.45) is 5.78. The Kier molecular flexibility index (Phi) is 7.35. The SMILES string of the molecule is Cn1cc(CCCNC2=NCC3CN(C(=O)OC(C)(C)C)CCN23)cn1.I. The van der Waals surface area contributed by atoms with Crippen molar-refractivity contribution in [1.29, 1.82) is 0 Å². The second-order valence-electron chi connectivity index (χ2n) is 7.99. The van der Waals surface area contributed by atoms with Gasteiger partial charge in [-0.2, -0.15) is 5.10 Å². The molecule has 9 heteroatoms. The van der Waals surface area contributed by atoms with Gasteiger partial charge in [-0.3, -0.25) is 9.67 Å². The number of rotatable bonds is 4. The van der Waals surface area contributed by atoms with Crippen molar-refractivity contribution < 1.29 is 9.53 Å². The van der Waals surface area contributed by atoms with Crippen molar-refractivity contribution in [2.24, 2.45) is 12.0 Å². The monoisotopic (exact) mass is 490 g/mol. The molecule has 8 nitrogen and oxygen atoms in total. The Morgan fingerprint density at radius 2 is 2.15 bits per heavy atom. The second-order valence-corrected chi connectivity index (χ2v) is 7.99. The normalized spacial score (nSPS) is 19.3. The molecule has 1 aromatic heterocycles. The molecule has 1 atom stereocenters. The Bertz CT molecular complexity index is 669. The summed E-state index contributed by atoms with van der Waals surface area (Å²) in [6.45, 7) is 9.42. The van der Waals surface area contributed by atoms with Gasteiger partial charge in [0, 0.05) is 39.4 Å². The molecular formula is C18H31IN6O2. The van der Waals surface area contributed by atoms with E-state index in [4.69, 9.17) is 4.74 Å². The minimum Gasteiger partial charge on any atom is -0.444 e. The molecule has 0 spiro atoms. The number of nitrogens with zero attached hydrogens (tertiary/aromatic N) is 5. The van der Waals surface area contributed by atoms with Crippen LogP contribution in [0, 0.1) is 0 Å². The summed E-state index contributed by atoms with van der Waals surface area (Å²) in [6, 6.07) is 0.247. The van der Waals surface area contributed by atoms with Gasteiger partial charge >= 0.3 is 6.09 Å². The third-order valence-electron chi connectivity index (χ3n) is 4.54. The molecule has 152 valence electrons. The lowest BCUT2D eigenvalue weighted by Crippen LogP contribution is -2.57. The summed E-state index contributed by atoms with van der Waals surface area (Å²) < 4.78 is 7.32. The molecule has 0 radical (unpaired) electrons. The molecule has 1 amide bonds. The minimum absolute atomic E-state index is 0. The highest BCUT2D eigenvalue weighted by Crippen LogP contribution is 2.18. The van der Waals surface area contributed by atoms with Crippen LogP contribution in [0.2, 0.25) is 0 Å². The van der Waals surface area contributed by atoms with Gasteiger partial charge in [-0.25, -0.2) is 4.79 Å². The number of aryl methyl sites for hydroxylation is 2. The zero-order valence-electron chi connectivity index (χ0n) is 16.6. The van der Waals surface area contributed by atoms with Crippen LogP contribution < -0.4 is 5.32 Å². The Balaban J connectivity index is 0.00000261. The van der Waals surface area contributed by atoms with E-state index in [1.165, 1.54) is 5.56 Å². The van der Waals surface area contributed by atoms with Crippen LogP contribution in [0.5, 0.6) is 0 Å². The fourth-order valence-corrected chi connectivity index (χ4v) is 3.32. The van der Waals surface area contributed by atoms with Crippen LogP contribution in [0.3, 0.4) is 0 Å². The summed E-state index contributed by atoms with van der Waals surface area (Å²) in [4.78, 5) is 21.0. The highest BCUT2D eigenvalue weighted by Gasteiger charge is 2.36. The number of aromatic nitrogens is 2. The summed E-state index contributed by atoms with van der Waals surface area (Å²) >= 11 is 0. The van der Waals surface area contributed by atoms with Gasteiger partial charge < -0.3 is 19.9 Å². The Labute approximate surface area is 178 Å². The average Bonchev–Trinajstić information content (AvgIpc) is 3.15. The summed E-state index contributed by atoms with van der Waals surface area (Å²) in [5, 5.41) is 7.65. The Morgan fingerprint density at radius 1 is 1.37 bits per heavy atom. The van der Waals surface area contributed by atoms with E-state index in [0.717, 1.165) is 38.4 Å². The third-order valence-corrected chi connectivity index (χ3v) is 4.54. The molecule has 3 rings (SSSR count). The maximum Gasteiger partial charge on any atom is 0.410 e. The number of aliphatic imine (C=N–C) groups is 1. The molecule has 1 fully saturated rings. The molecule has 3 heterocycles. The van der Waals surface area contributed by atoms with Crippen LogP contribution in [-0.2, 0) is 18.2 Å². The van der Waals surface area contributed by atoms with Crippen molar-refractivity contribution in [3.63, 3.8) is 0 Å².